The summed E-state index contributed by atoms with van der Waals surface area (Å²) in [6.07, 6.45) is 9.61. The second-order valence-corrected chi connectivity index (χ2v) is 11.5. The Morgan fingerprint density at radius 2 is 0.957 bits per heavy atom. The molecule has 0 saturated heterocycles. The summed E-state index contributed by atoms with van der Waals surface area (Å²) < 4.78 is 23.4. The van der Waals surface area contributed by atoms with E-state index in [1.807, 2.05) is 60.7 Å². The van der Waals surface area contributed by atoms with Gasteiger partial charge in [-0.25, -0.2) is 0 Å². The summed E-state index contributed by atoms with van der Waals surface area (Å²) in [4.78, 5) is 0. The molecule has 0 unspecified atom stereocenters. The lowest BCUT2D eigenvalue weighted by Crippen LogP contribution is -2.00. The van der Waals surface area contributed by atoms with Crippen LogP contribution >= 0.6 is 0 Å². The van der Waals surface area contributed by atoms with E-state index in [2.05, 4.69) is 92.7 Å². The molecule has 0 bridgehead atoms. The van der Waals surface area contributed by atoms with Gasteiger partial charge < -0.3 is 18.9 Å². The molecule has 0 heterocycles. The van der Waals surface area contributed by atoms with Crippen molar-refractivity contribution in [3.05, 3.63) is 154 Å². The van der Waals surface area contributed by atoms with Gasteiger partial charge in [0.15, 0.2) is 23.0 Å². The second kappa shape index (κ2) is 16.2. The Hall–Kier alpha value is -5.22. The SMILES string of the molecule is COc1cc(/C=C/c2cccc(/C=C/c3ccc(OCc4ccccc4)c(OC)c3)c2CC(C)C)ccc1OCc1ccccc1. The maximum atomic E-state index is 6.05. The number of hydrogen-bond donors (Lipinski definition) is 0. The normalized spacial score (nSPS) is 11.3. The van der Waals surface area contributed by atoms with Crippen LogP contribution in [0.3, 0.4) is 0 Å². The van der Waals surface area contributed by atoms with Gasteiger partial charge in [-0.2, -0.15) is 0 Å². The van der Waals surface area contributed by atoms with Crippen molar-refractivity contribution in [1.82, 2.24) is 0 Å². The topological polar surface area (TPSA) is 36.9 Å². The predicted molar refractivity (Wildman–Crippen MR) is 190 cm³/mol. The molecular weight excluding hydrogens is 568 g/mol. The van der Waals surface area contributed by atoms with Gasteiger partial charge in [0.2, 0.25) is 0 Å². The molecule has 5 aromatic rings. The number of benzene rings is 5. The van der Waals surface area contributed by atoms with Crippen LogP contribution < -0.4 is 18.9 Å². The maximum Gasteiger partial charge on any atom is 0.161 e. The average molecular weight is 611 g/mol. The number of methoxy groups -OCH3 is 2. The fraction of sp³-hybridized carbons (Fsp3) is 0.190. The first kappa shape index (κ1) is 32.2. The van der Waals surface area contributed by atoms with Gasteiger partial charge in [0.25, 0.3) is 0 Å². The van der Waals surface area contributed by atoms with Crippen molar-refractivity contribution in [3.63, 3.8) is 0 Å². The molecule has 0 saturated carbocycles. The summed E-state index contributed by atoms with van der Waals surface area (Å²) in [5.41, 5.74) is 8.02. The molecule has 0 aliphatic rings. The molecule has 0 spiro atoms. The van der Waals surface area contributed by atoms with Crippen molar-refractivity contribution < 1.29 is 18.9 Å². The van der Waals surface area contributed by atoms with Crippen LogP contribution in [0, 0.1) is 5.92 Å². The Bertz CT molecular complexity index is 1630. The molecular formula is C42H42O4. The van der Waals surface area contributed by atoms with E-state index in [4.69, 9.17) is 18.9 Å². The van der Waals surface area contributed by atoms with Crippen molar-refractivity contribution in [2.45, 2.75) is 33.5 Å². The van der Waals surface area contributed by atoms with E-state index in [1.54, 1.807) is 14.2 Å². The van der Waals surface area contributed by atoms with Crippen molar-refractivity contribution in [2.24, 2.45) is 5.92 Å². The Labute approximate surface area is 273 Å². The first-order valence-electron chi connectivity index (χ1n) is 15.7. The van der Waals surface area contributed by atoms with Crippen LogP contribution in [0.2, 0.25) is 0 Å². The summed E-state index contributed by atoms with van der Waals surface area (Å²) in [7, 11) is 3.35. The molecule has 0 fully saturated rings. The van der Waals surface area contributed by atoms with Crippen molar-refractivity contribution in [3.8, 4) is 23.0 Å². The zero-order chi connectivity index (χ0) is 32.1. The van der Waals surface area contributed by atoms with Crippen LogP contribution in [0.1, 0.15) is 52.8 Å². The summed E-state index contributed by atoms with van der Waals surface area (Å²) in [6.45, 7) is 5.49. The third kappa shape index (κ3) is 8.92. The van der Waals surface area contributed by atoms with Crippen molar-refractivity contribution in [2.75, 3.05) is 14.2 Å². The number of hydrogen-bond acceptors (Lipinski definition) is 4. The fourth-order valence-corrected chi connectivity index (χ4v) is 5.24. The highest BCUT2D eigenvalue weighted by atomic mass is 16.5. The molecule has 0 aliphatic carbocycles. The molecule has 0 aliphatic heterocycles. The molecule has 5 rings (SSSR count). The Morgan fingerprint density at radius 3 is 1.37 bits per heavy atom. The first-order valence-corrected chi connectivity index (χ1v) is 15.7. The molecule has 46 heavy (non-hydrogen) atoms. The van der Waals surface area contributed by atoms with E-state index in [-0.39, 0.29) is 0 Å². The van der Waals surface area contributed by atoms with E-state index in [0.717, 1.165) is 40.2 Å². The molecule has 0 radical (unpaired) electrons. The van der Waals surface area contributed by atoms with Gasteiger partial charge in [-0.3, -0.25) is 0 Å². The highest BCUT2D eigenvalue weighted by molar-refractivity contribution is 5.78. The fourth-order valence-electron chi connectivity index (χ4n) is 5.24. The van der Waals surface area contributed by atoms with Crippen LogP contribution in [-0.4, -0.2) is 14.2 Å². The van der Waals surface area contributed by atoms with Crippen LogP contribution in [-0.2, 0) is 19.6 Å². The van der Waals surface area contributed by atoms with Crippen molar-refractivity contribution in [1.29, 1.82) is 0 Å². The van der Waals surface area contributed by atoms with Crippen LogP contribution in [0.4, 0.5) is 0 Å². The zero-order valence-corrected chi connectivity index (χ0v) is 27.1. The Kier molecular flexibility index (Phi) is 11.3. The van der Waals surface area contributed by atoms with Gasteiger partial charge in [0.1, 0.15) is 13.2 Å². The summed E-state index contributed by atoms with van der Waals surface area (Å²) in [5.74, 6) is 3.38. The highest BCUT2D eigenvalue weighted by Crippen LogP contribution is 2.32. The van der Waals surface area contributed by atoms with Gasteiger partial charge in [-0.05, 0) is 75.5 Å². The molecule has 4 heteroatoms. The van der Waals surface area contributed by atoms with Gasteiger partial charge in [-0.15, -0.1) is 0 Å². The van der Waals surface area contributed by atoms with E-state index in [0.29, 0.717) is 30.6 Å². The Balaban J connectivity index is 1.33. The molecule has 0 aromatic heterocycles. The molecule has 234 valence electrons. The van der Waals surface area contributed by atoms with E-state index in [1.165, 1.54) is 16.7 Å². The van der Waals surface area contributed by atoms with E-state index >= 15 is 0 Å². The van der Waals surface area contributed by atoms with Gasteiger partial charge in [-0.1, -0.05) is 129 Å². The van der Waals surface area contributed by atoms with Crippen LogP contribution in [0.5, 0.6) is 23.0 Å². The minimum atomic E-state index is 0.490. The zero-order valence-electron chi connectivity index (χ0n) is 27.1. The third-order valence-corrected chi connectivity index (χ3v) is 7.62. The number of rotatable bonds is 14. The van der Waals surface area contributed by atoms with Crippen LogP contribution in [0.15, 0.2) is 115 Å². The lowest BCUT2D eigenvalue weighted by molar-refractivity contribution is 0.284. The first-order chi connectivity index (χ1) is 22.5. The monoisotopic (exact) mass is 610 g/mol. The summed E-state index contributed by atoms with van der Waals surface area (Å²) >= 11 is 0. The highest BCUT2D eigenvalue weighted by Gasteiger charge is 2.10. The largest absolute Gasteiger partial charge is 0.493 e. The van der Waals surface area contributed by atoms with Gasteiger partial charge >= 0.3 is 0 Å². The lowest BCUT2D eigenvalue weighted by atomic mass is 9.92. The molecule has 0 N–H and O–H groups in total. The minimum Gasteiger partial charge on any atom is -0.493 e. The molecule has 0 amide bonds. The predicted octanol–water partition coefficient (Wildman–Crippen LogP) is 10.4. The molecule has 4 nitrogen and oxygen atoms in total. The third-order valence-electron chi connectivity index (χ3n) is 7.62. The standard InChI is InChI=1S/C42H42O4/c1-31(2)26-38-36(22-18-32-20-24-39(41(27-32)43-3)45-29-34-12-7-5-8-13-34)16-11-17-37(38)23-19-33-21-25-40(42(28-33)44-4)46-30-35-14-9-6-10-15-35/h5-25,27-28,31H,26,29-30H2,1-4H3/b22-18+,23-19+. The van der Waals surface area contributed by atoms with Crippen molar-refractivity contribution >= 4 is 24.3 Å². The summed E-state index contributed by atoms with van der Waals surface area (Å²) in [6, 6.07) is 38.9. The molecule has 5 aromatic carbocycles. The minimum absolute atomic E-state index is 0.490. The second-order valence-electron chi connectivity index (χ2n) is 11.5. The molecule has 0 atom stereocenters. The van der Waals surface area contributed by atoms with E-state index < -0.39 is 0 Å². The van der Waals surface area contributed by atoms with Gasteiger partial charge in [0.05, 0.1) is 14.2 Å². The smallest absolute Gasteiger partial charge is 0.161 e. The maximum absolute atomic E-state index is 6.05. The van der Waals surface area contributed by atoms with E-state index in [9.17, 15) is 0 Å². The average Bonchev–Trinajstić information content (AvgIpc) is 3.09. The quantitative estimate of drug-likeness (QED) is 0.117. The summed E-state index contributed by atoms with van der Waals surface area (Å²) in [5, 5.41) is 0. The van der Waals surface area contributed by atoms with Gasteiger partial charge in [0, 0.05) is 0 Å². The van der Waals surface area contributed by atoms with Crippen LogP contribution in [0.25, 0.3) is 24.3 Å². The lowest BCUT2D eigenvalue weighted by Gasteiger charge is -2.14. The number of ether oxygens (including phenoxy) is 4. The Morgan fingerprint density at radius 1 is 0.500 bits per heavy atom.